The van der Waals surface area contributed by atoms with Crippen molar-refractivity contribution in [2.24, 2.45) is 5.92 Å². The first kappa shape index (κ1) is 18.2. The molecule has 0 aromatic heterocycles. The largest absolute Gasteiger partial charge is 0.448 e. The topological polar surface area (TPSA) is 38.8 Å². The zero-order chi connectivity index (χ0) is 19.1. The van der Waals surface area contributed by atoms with Crippen LogP contribution in [-0.2, 0) is 9.47 Å². The average molecular weight is 442 g/mol. The molecule has 0 spiro atoms. The molecule has 2 heterocycles. The highest BCUT2D eigenvalue weighted by molar-refractivity contribution is 9.09. The van der Waals surface area contributed by atoms with Crippen LogP contribution in [0, 0.1) is 5.92 Å². The van der Waals surface area contributed by atoms with Crippen molar-refractivity contribution in [1.82, 2.24) is 4.90 Å². The van der Waals surface area contributed by atoms with Gasteiger partial charge in [0.15, 0.2) is 0 Å². The van der Waals surface area contributed by atoms with Crippen molar-refractivity contribution >= 4 is 22.0 Å². The Kier molecular flexibility index (Phi) is 4.89. The van der Waals surface area contributed by atoms with E-state index in [1.165, 1.54) is 22.3 Å². The number of ether oxygens (including phenoxy) is 2. The molecule has 146 valence electrons. The summed E-state index contributed by atoms with van der Waals surface area (Å²) in [6, 6.07) is 17.1. The van der Waals surface area contributed by atoms with E-state index in [4.69, 9.17) is 9.47 Å². The molecular formula is C23H24BrNO3. The quantitative estimate of drug-likeness (QED) is 0.641. The number of morpholine rings is 1. The molecule has 2 fully saturated rings. The van der Waals surface area contributed by atoms with Crippen molar-refractivity contribution in [3.8, 4) is 11.1 Å². The fourth-order valence-corrected chi connectivity index (χ4v) is 5.65. The summed E-state index contributed by atoms with van der Waals surface area (Å²) >= 11 is 3.61. The van der Waals surface area contributed by atoms with E-state index in [1.54, 1.807) is 0 Å². The third-order valence-electron chi connectivity index (χ3n) is 6.38. The minimum Gasteiger partial charge on any atom is -0.448 e. The van der Waals surface area contributed by atoms with Crippen molar-refractivity contribution in [3.05, 3.63) is 59.7 Å². The number of benzene rings is 2. The SMILES string of the molecule is O=C(OCC1c2ccccc2-c2ccccc21)N1C2COCC1CC(CBr)C2. The van der Waals surface area contributed by atoms with Crippen LogP contribution in [0.4, 0.5) is 4.79 Å². The molecule has 28 heavy (non-hydrogen) atoms. The summed E-state index contributed by atoms with van der Waals surface area (Å²) < 4.78 is 11.6. The van der Waals surface area contributed by atoms with E-state index in [1.807, 2.05) is 4.90 Å². The summed E-state index contributed by atoms with van der Waals surface area (Å²) in [4.78, 5) is 15.0. The van der Waals surface area contributed by atoms with Crippen LogP contribution in [0.25, 0.3) is 11.1 Å². The minimum absolute atomic E-state index is 0.104. The van der Waals surface area contributed by atoms with Gasteiger partial charge in [-0.2, -0.15) is 0 Å². The molecule has 2 aromatic carbocycles. The van der Waals surface area contributed by atoms with Gasteiger partial charge in [-0.3, -0.25) is 4.90 Å². The number of amides is 1. The number of piperidine rings is 1. The molecule has 5 heteroatoms. The first-order chi connectivity index (χ1) is 13.8. The predicted molar refractivity (Wildman–Crippen MR) is 112 cm³/mol. The van der Waals surface area contributed by atoms with Crippen LogP contribution in [0.5, 0.6) is 0 Å². The number of alkyl halides is 1. The standard InChI is InChI=1S/C23H24BrNO3/c24-11-15-9-16-12-27-13-17(10-15)25(16)23(26)28-14-22-20-7-3-1-5-18(20)19-6-2-4-8-21(19)22/h1-8,15-17,22H,9-14H2. The van der Waals surface area contributed by atoms with Gasteiger partial charge in [-0.25, -0.2) is 4.79 Å². The Labute approximate surface area is 174 Å². The van der Waals surface area contributed by atoms with E-state index in [9.17, 15) is 4.79 Å². The Balaban J connectivity index is 1.33. The lowest BCUT2D eigenvalue weighted by atomic mass is 9.86. The summed E-state index contributed by atoms with van der Waals surface area (Å²) in [6.07, 6.45) is 1.77. The number of hydrogen-bond acceptors (Lipinski definition) is 3. The summed E-state index contributed by atoms with van der Waals surface area (Å²) in [7, 11) is 0. The lowest BCUT2D eigenvalue weighted by Crippen LogP contribution is -2.59. The van der Waals surface area contributed by atoms with Crippen molar-refractivity contribution < 1.29 is 14.3 Å². The summed E-state index contributed by atoms with van der Waals surface area (Å²) in [5, 5.41) is 0.985. The normalized spacial score (nSPS) is 25.9. The average Bonchev–Trinajstić information content (AvgIpc) is 3.05. The van der Waals surface area contributed by atoms with Gasteiger partial charge in [-0.05, 0) is 41.0 Å². The molecule has 0 N–H and O–H groups in total. The highest BCUT2D eigenvalue weighted by Crippen LogP contribution is 2.44. The summed E-state index contributed by atoms with van der Waals surface area (Å²) in [6.45, 7) is 1.61. The van der Waals surface area contributed by atoms with Crippen molar-refractivity contribution in [2.45, 2.75) is 30.8 Å². The lowest BCUT2D eigenvalue weighted by molar-refractivity contribution is -0.0760. The first-order valence-corrected chi connectivity index (χ1v) is 11.2. The van der Waals surface area contributed by atoms with E-state index in [2.05, 4.69) is 64.5 Å². The second kappa shape index (κ2) is 7.53. The van der Waals surface area contributed by atoms with E-state index in [0.29, 0.717) is 25.7 Å². The van der Waals surface area contributed by atoms with Gasteiger partial charge in [-0.1, -0.05) is 64.5 Å². The molecule has 2 unspecified atom stereocenters. The third kappa shape index (κ3) is 3.05. The van der Waals surface area contributed by atoms with E-state index >= 15 is 0 Å². The molecule has 0 saturated carbocycles. The van der Waals surface area contributed by atoms with Gasteiger partial charge in [0.1, 0.15) is 6.61 Å². The zero-order valence-corrected chi connectivity index (χ0v) is 17.3. The number of carbonyl (C=O) groups is 1. The highest BCUT2D eigenvalue weighted by Gasteiger charge is 2.42. The Morgan fingerprint density at radius 2 is 1.57 bits per heavy atom. The molecule has 2 aromatic rings. The molecule has 3 aliphatic rings. The number of nitrogens with zero attached hydrogens (tertiary/aromatic N) is 1. The second-order valence-corrected chi connectivity index (χ2v) is 8.70. The number of halogens is 1. The lowest BCUT2D eigenvalue weighted by Gasteiger charge is -2.47. The van der Waals surface area contributed by atoms with Crippen LogP contribution < -0.4 is 0 Å². The van der Waals surface area contributed by atoms with Crippen LogP contribution in [0.1, 0.15) is 29.9 Å². The molecule has 2 atom stereocenters. The fourth-order valence-electron chi connectivity index (χ4n) is 5.12. The molecule has 4 nitrogen and oxygen atoms in total. The van der Waals surface area contributed by atoms with Crippen LogP contribution >= 0.6 is 15.9 Å². The second-order valence-electron chi connectivity index (χ2n) is 8.05. The fraction of sp³-hybridized carbons (Fsp3) is 0.435. The van der Waals surface area contributed by atoms with Crippen molar-refractivity contribution in [3.63, 3.8) is 0 Å². The number of rotatable bonds is 3. The number of hydrogen-bond donors (Lipinski definition) is 0. The summed E-state index contributed by atoms with van der Waals surface area (Å²) in [5.41, 5.74) is 5.00. The van der Waals surface area contributed by atoms with Gasteiger partial charge >= 0.3 is 6.09 Å². The first-order valence-electron chi connectivity index (χ1n) is 10.0. The van der Waals surface area contributed by atoms with Crippen LogP contribution in [0.2, 0.25) is 0 Å². The van der Waals surface area contributed by atoms with E-state index in [-0.39, 0.29) is 24.1 Å². The summed E-state index contributed by atoms with van der Waals surface area (Å²) in [5.74, 6) is 0.712. The Morgan fingerprint density at radius 3 is 2.14 bits per heavy atom. The van der Waals surface area contributed by atoms with Gasteiger partial charge in [0.2, 0.25) is 0 Å². The van der Waals surface area contributed by atoms with Gasteiger partial charge in [-0.15, -0.1) is 0 Å². The van der Waals surface area contributed by atoms with E-state index < -0.39 is 0 Å². The number of carbonyl (C=O) groups excluding carboxylic acids is 1. The molecule has 2 saturated heterocycles. The van der Waals surface area contributed by atoms with Crippen LogP contribution in [0.15, 0.2) is 48.5 Å². The van der Waals surface area contributed by atoms with Gasteiger partial charge < -0.3 is 9.47 Å². The van der Waals surface area contributed by atoms with E-state index in [0.717, 1.165) is 18.2 Å². The Hall–Kier alpha value is -1.85. The van der Waals surface area contributed by atoms with Crippen molar-refractivity contribution in [1.29, 1.82) is 0 Å². The van der Waals surface area contributed by atoms with Crippen LogP contribution in [-0.4, -0.2) is 48.2 Å². The van der Waals surface area contributed by atoms with Gasteiger partial charge in [0.05, 0.1) is 25.3 Å². The minimum atomic E-state index is -0.187. The Morgan fingerprint density at radius 1 is 1.00 bits per heavy atom. The maximum Gasteiger partial charge on any atom is 0.410 e. The maximum absolute atomic E-state index is 13.0. The smallest absolute Gasteiger partial charge is 0.410 e. The molecule has 2 aliphatic heterocycles. The monoisotopic (exact) mass is 441 g/mol. The Bertz CT molecular complexity index is 826. The molecule has 0 radical (unpaired) electrons. The predicted octanol–water partition coefficient (Wildman–Crippen LogP) is 4.81. The molecular weight excluding hydrogens is 418 g/mol. The van der Waals surface area contributed by atoms with Crippen molar-refractivity contribution in [2.75, 3.05) is 25.2 Å². The van der Waals surface area contributed by atoms with Gasteiger partial charge in [0.25, 0.3) is 0 Å². The third-order valence-corrected chi connectivity index (χ3v) is 7.30. The molecule has 1 amide bonds. The highest BCUT2D eigenvalue weighted by atomic mass is 79.9. The molecule has 1 aliphatic carbocycles. The molecule has 2 bridgehead atoms. The van der Waals surface area contributed by atoms with Crippen LogP contribution in [0.3, 0.4) is 0 Å². The maximum atomic E-state index is 13.0. The molecule has 5 rings (SSSR count). The van der Waals surface area contributed by atoms with Gasteiger partial charge in [0, 0.05) is 11.2 Å². The number of fused-ring (bicyclic) bond motifs is 5. The zero-order valence-electron chi connectivity index (χ0n) is 15.7.